The molecule has 0 heterocycles. The molecule has 0 radical (unpaired) electrons. The van der Waals surface area contributed by atoms with E-state index in [0.29, 0.717) is 19.7 Å². The molecule has 1 amide bonds. The Morgan fingerprint density at radius 1 is 1.38 bits per heavy atom. The predicted molar refractivity (Wildman–Crippen MR) is 81.7 cm³/mol. The first-order chi connectivity index (χ1) is 10.0. The summed E-state index contributed by atoms with van der Waals surface area (Å²) in [5.74, 6) is -0.379. The third-order valence-electron chi connectivity index (χ3n) is 2.86. The van der Waals surface area contributed by atoms with Crippen molar-refractivity contribution >= 4 is 17.6 Å². The molecular weight excluding hydrogens is 270 g/mol. The van der Waals surface area contributed by atoms with Crippen LogP contribution in [0, 0.1) is 0 Å². The normalized spacial score (nSPS) is 10.5. The molecule has 0 spiro atoms. The van der Waals surface area contributed by atoms with Gasteiger partial charge in [0.2, 0.25) is 5.91 Å². The van der Waals surface area contributed by atoms with E-state index in [1.165, 1.54) is 0 Å². The minimum atomic E-state index is -0.250. The van der Waals surface area contributed by atoms with Gasteiger partial charge in [-0.2, -0.15) is 0 Å². The van der Waals surface area contributed by atoms with Gasteiger partial charge in [0.1, 0.15) is 0 Å². The molecule has 1 aromatic carbocycles. The van der Waals surface area contributed by atoms with Crippen LogP contribution in [0.4, 0.5) is 5.69 Å². The SMILES string of the molecule is CCOC(=O)CCN(C)CC(=O)Nc1cccc(CN)c1. The fraction of sp³-hybridized carbons (Fsp3) is 0.467. The molecule has 0 aromatic heterocycles. The topological polar surface area (TPSA) is 84.7 Å². The van der Waals surface area contributed by atoms with Crippen LogP contribution in [0.15, 0.2) is 24.3 Å². The van der Waals surface area contributed by atoms with E-state index >= 15 is 0 Å². The van der Waals surface area contributed by atoms with Crippen molar-refractivity contribution in [2.45, 2.75) is 19.9 Å². The van der Waals surface area contributed by atoms with E-state index < -0.39 is 0 Å². The van der Waals surface area contributed by atoms with E-state index in [9.17, 15) is 9.59 Å². The van der Waals surface area contributed by atoms with Crippen molar-refractivity contribution in [2.24, 2.45) is 5.73 Å². The largest absolute Gasteiger partial charge is 0.466 e. The summed E-state index contributed by atoms with van der Waals surface area (Å²) < 4.78 is 4.84. The Kier molecular flexibility index (Phi) is 7.42. The summed E-state index contributed by atoms with van der Waals surface area (Å²) in [6.07, 6.45) is 0.278. The summed E-state index contributed by atoms with van der Waals surface area (Å²) in [6.45, 7) is 3.27. The van der Waals surface area contributed by atoms with Crippen molar-refractivity contribution in [3.8, 4) is 0 Å². The van der Waals surface area contributed by atoms with Crippen LogP contribution in [0.25, 0.3) is 0 Å². The highest BCUT2D eigenvalue weighted by atomic mass is 16.5. The second kappa shape index (κ2) is 9.10. The minimum Gasteiger partial charge on any atom is -0.466 e. The minimum absolute atomic E-state index is 0.129. The summed E-state index contributed by atoms with van der Waals surface area (Å²) >= 11 is 0. The Morgan fingerprint density at radius 2 is 2.14 bits per heavy atom. The monoisotopic (exact) mass is 293 g/mol. The average Bonchev–Trinajstić information content (AvgIpc) is 2.45. The van der Waals surface area contributed by atoms with Crippen LogP contribution in [0.3, 0.4) is 0 Å². The lowest BCUT2D eigenvalue weighted by Crippen LogP contribution is -2.32. The highest BCUT2D eigenvalue weighted by Gasteiger charge is 2.09. The molecule has 0 aliphatic carbocycles. The van der Waals surface area contributed by atoms with Gasteiger partial charge in [0.05, 0.1) is 19.6 Å². The van der Waals surface area contributed by atoms with Crippen molar-refractivity contribution in [2.75, 3.05) is 32.1 Å². The summed E-state index contributed by atoms with van der Waals surface area (Å²) in [5, 5.41) is 2.81. The molecule has 0 fully saturated rings. The zero-order valence-electron chi connectivity index (χ0n) is 12.6. The number of hydrogen-bond donors (Lipinski definition) is 2. The molecule has 0 atom stereocenters. The fourth-order valence-corrected chi connectivity index (χ4v) is 1.82. The van der Waals surface area contributed by atoms with E-state index in [4.69, 9.17) is 10.5 Å². The van der Waals surface area contributed by atoms with E-state index in [0.717, 1.165) is 11.3 Å². The van der Waals surface area contributed by atoms with Gasteiger partial charge in [-0.1, -0.05) is 12.1 Å². The number of nitrogens with two attached hydrogens (primary N) is 1. The zero-order chi connectivity index (χ0) is 15.7. The number of nitrogens with one attached hydrogen (secondary N) is 1. The molecule has 0 bridgehead atoms. The number of esters is 1. The maximum atomic E-state index is 11.9. The van der Waals surface area contributed by atoms with Gasteiger partial charge < -0.3 is 15.8 Å². The Balaban J connectivity index is 2.37. The number of amides is 1. The van der Waals surface area contributed by atoms with Crippen molar-refractivity contribution in [3.63, 3.8) is 0 Å². The molecule has 0 aliphatic heterocycles. The third-order valence-corrected chi connectivity index (χ3v) is 2.86. The molecule has 21 heavy (non-hydrogen) atoms. The molecular formula is C15H23N3O3. The Hall–Kier alpha value is -1.92. The highest BCUT2D eigenvalue weighted by Crippen LogP contribution is 2.10. The van der Waals surface area contributed by atoms with Crippen molar-refractivity contribution in [1.29, 1.82) is 0 Å². The number of rotatable bonds is 8. The molecule has 1 rings (SSSR count). The van der Waals surface area contributed by atoms with Gasteiger partial charge in [0.25, 0.3) is 0 Å². The number of anilines is 1. The number of carbonyl (C=O) groups excluding carboxylic acids is 2. The van der Waals surface area contributed by atoms with E-state index in [2.05, 4.69) is 5.32 Å². The van der Waals surface area contributed by atoms with E-state index in [1.807, 2.05) is 24.3 Å². The van der Waals surface area contributed by atoms with Gasteiger partial charge in [0, 0.05) is 18.8 Å². The van der Waals surface area contributed by atoms with E-state index in [-0.39, 0.29) is 24.8 Å². The van der Waals surface area contributed by atoms with Crippen molar-refractivity contribution in [1.82, 2.24) is 4.90 Å². The van der Waals surface area contributed by atoms with Crippen molar-refractivity contribution < 1.29 is 14.3 Å². The quantitative estimate of drug-likeness (QED) is 0.698. The molecule has 0 saturated carbocycles. The maximum absolute atomic E-state index is 11.9. The van der Waals surface area contributed by atoms with Gasteiger partial charge in [-0.3, -0.25) is 14.5 Å². The summed E-state index contributed by atoms with van der Waals surface area (Å²) in [4.78, 5) is 24.9. The smallest absolute Gasteiger partial charge is 0.307 e. The van der Waals surface area contributed by atoms with E-state index in [1.54, 1.807) is 18.9 Å². The second-order valence-corrected chi connectivity index (χ2v) is 4.75. The fourth-order valence-electron chi connectivity index (χ4n) is 1.82. The molecule has 0 saturated heterocycles. The summed E-state index contributed by atoms with van der Waals surface area (Å²) in [7, 11) is 1.79. The third kappa shape index (κ3) is 6.87. The number of benzene rings is 1. The lowest BCUT2D eigenvalue weighted by atomic mass is 10.2. The summed E-state index contributed by atoms with van der Waals surface area (Å²) in [5.41, 5.74) is 7.24. The second-order valence-electron chi connectivity index (χ2n) is 4.75. The van der Waals surface area contributed by atoms with Gasteiger partial charge in [-0.15, -0.1) is 0 Å². The molecule has 3 N–H and O–H groups in total. The summed E-state index contributed by atoms with van der Waals surface area (Å²) in [6, 6.07) is 7.41. The Labute approximate surface area is 125 Å². The first kappa shape index (κ1) is 17.1. The van der Waals surface area contributed by atoms with Crippen LogP contribution < -0.4 is 11.1 Å². The number of likely N-dealkylation sites (N-methyl/N-ethyl adjacent to an activating group) is 1. The molecule has 6 nitrogen and oxygen atoms in total. The number of carbonyl (C=O) groups is 2. The standard InChI is InChI=1S/C15H23N3O3/c1-3-21-15(20)7-8-18(2)11-14(19)17-13-6-4-5-12(9-13)10-16/h4-6,9H,3,7-8,10-11,16H2,1-2H3,(H,17,19). The maximum Gasteiger partial charge on any atom is 0.307 e. The van der Waals surface area contributed by atoms with Crippen LogP contribution in [0.2, 0.25) is 0 Å². The Bertz CT molecular complexity index is 477. The lowest BCUT2D eigenvalue weighted by molar-refractivity contribution is -0.143. The van der Waals surface area contributed by atoms with Crippen LogP contribution in [-0.4, -0.2) is 43.5 Å². The van der Waals surface area contributed by atoms with Gasteiger partial charge in [-0.05, 0) is 31.7 Å². The van der Waals surface area contributed by atoms with Gasteiger partial charge in [-0.25, -0.2) is 0 Å². The van der Waals surface area contributed by atoms with Crippen molar-refractivity contribution in [3.05, 3.63) is 29.8 Å². The van der Waals surface area contributed by atoms with Crippen LogP contribution in [0.1, 0.15) is 18.9 Å². The highest BCUT2D eigenvalue weighted by molar-refractivity contribution is 5.92. The molecule has 116 valence electrons. The number of nitrogens with zero attached hydrogens (tertiary/aromatic N) is 1. The Morgan fingerprint density at radius 3 is 2.81 bits per heavy atom. The number of hydrogen-bond acceptors (Lipinski definition) is 5. The van der Waals surface area contributed by atoms with Gasteiger partial charge in [0.15, 0.2) is 0 Å². The first-order valence-corrected chi connectivity index (χ1v) is 6.98. The van der Waals surface area contributed by atoms with Gasteiger partial charge >= 0.3 is 5.97 Å². The number of ether oxygens (including phenoxy) is 1. The first-order valence-electron chi connectivity index (χ1n) is 6.98. The molecule has 6 heteroatoms. The van der Waals surface area contributed by atoms with Crippen LogP contribution in [-0.2, 0) is 20.9 Å². The van der Waals surface area contributed by atoms with Crippen LogP contribution >= 0.6 is 0 Å². The predicted octanol–water partition coefficient (Wildman–Crippen LogP) is 0.969. The lowest BCUT2D eigenvalue weighted by Gasteiger charge is -2.15. The van der Waals surface area contributed by atoms with Crippen LogP contribution in [0.5, 0.6) is 0 Å². The average molecular weight is 293 g/mol. The molecule has 0 aliphatic rings. The molecule has 0 unspecified atom stereocenters. The molecule has 1 aromatic rings. The zero-order valence-corrected chi connectivity index (χ0v) is 12.6.